The number of aromatic nitrogens is 2. The lowest BCUT2D eigenvalue weighted by molar-refractivity contribution is -0.161. The molecule has 1 aromatic rings. The highest BCUT2D eigenvalue weighted by atomic mass is 31.3. The number of hydrogen-bond acceptors (Lipinski definition) is 16. The van der Waals surface area contributed by atoms with E-state index in [1.54, 1.807) is 0 Å². The Morgan fingerprint density at radius 3 is 2.03 bits per heavy atom. The third kappa shape index (κ3) is 27.8. The van der Waals surface area contributed by atoms with Crippen molar-refractivity contribution in [2.45, 2.75) is 186 Å². The highest BCUT2D eigenvalue weighted by molar-refractivity contribution is 7.61. The number of aliphatic hydroxyl groups is 3. The van der Waals surface area contributed by atoms with Gasteiger partial charge in [-0.2, -0.15) is 9.29 Å². The number of carbonyl (C=O) groups is 2. The molecule has 0 aromatic carbocycles. The minimum Gasteiger partial charge on any atom is -0.462 e. The fourth-order valence-corrected chi connectivity index (χ4v) is 8.99. The van der Waals surface area contributed by atoms with Gasteiger partial charge in [-0.05, 0) is 63.4 Å². The summed E-state index contributed by atoms with van der Waals surface area (Å²) in [7, 11) is -10.9. The van der Waals surface area contributed by atoms with Crippen LogP contribution in [0.1, 0.15) is 155 Å². The summed E-state index contributed by atoms with van der Waals surface area (Å²) in [5.74, 6) is -0.627. The molecule has 0 amide bonds. The van der Waals surface area contributed by atoms with Gasteiger partial charge in [0, 0.05) is 19.0 Å². The molecule has 21 heteroatoms. The van der Waals surface area contributed by atoms with Crippen LogP contribution in [-0.4, -0.2) is 96.9 Å². The highest BCUT2D eigenvalue weighted by Crippen LogP contribution is 2.60. The summed E-state index contributed by atoms with van der Waals surface area (Å²) < 4.78 is 56.6. The average Bonchev–Trinajstić information content (AvgIpc) is 3.56. The molecule has 0 saturated carbocycles. The third-order valence-corrected chi connectivity index (χ3v) is 13.6. The summed E-state index contributed by atoms with van der Waals surface area (Å²) in [6, 6.07) is 1.24. The van der Waals surface area contributed by atoms with E-state index in [1.807, 2.05) is 43.4 Å². The molecule has 1 fully saturated rings. The van der Waals surface area contributed by atoms with Crippen LogP contribution in [0.5, 0.6) is 0 Å². The number of phosphoric ester groups is 2. The number of phosphoric acid groups is 2. The Morgan fingerprint density at radius 1 is 0.809 bits per heavy atom. The first-order valence-electron chi connectivity index (χ1n) is 24.1. The summed E-state index contributed by atoms with van der Waals surface area (Å²) in [6.07, 6.45) is 25.7. The number of unbranched alkanes of at least 4 members (excludes halogenated alkanes) is 8. The van der Waals surface area contributed by atoms with Gasteiger partial charge < -0.3 is 45.1 Å². The molecule has 2 rings (SSSR count). The average molecular weight is 1000 g/mol. The second-order valence-corrected chi connectivity index (χ2v) is 20.1. The van der Waals surface area contributed by atoms with Crippen LogP contribution < -0.4 is 11.4 Å². The fourth-order valence-electron chi connectivity index (χ4n) is 6.88. The van der Waals surface area contributed by atoms with Gasteiger partial charge in [-0.3, -0.25) is 23.2 Å². The van der Waals surface area contributed by atoms with Gasteiger partial charge in [0.05, 0.1) is 19.3 Å². The monoisotopic (exact) mass is 1000 g/mol. The molecule has 1 aliphatic rings. The van der Waals surface area contributed by atoms with Gasteiger partial charge in [-0.1, -0.05) is 134 Å². The second kappa shape index (κ2) is 34.9. The lowest BCUT2D eigenvalue weighted by atomic mass is 9.99. The van der Waals surface area contributed by atoms with Gasteiger partial charge in [-0.15, -0.1) is 0 Å². The molecule has 1 aliphatic heterocycles. The number of nitrogen functional groups attached to an aromatic ring is 1. The largest absolute Gasteiger partial charge is 0.481 e. The van der Waals surface area contributed by atoms with E-state index >= 15 is 0 Å². The predicted molar refractivity (Wildman–Crippen MR) is 258 cm³/mol. The Morgan fingerprint density at radius 2 is 1.40 bits per heavy atom. The fraction of sp³-hybridized carbons (Fsp3) is 0.702. The van der Waals surface area contributed by atoms with Gasteiger partial charge in [0.2, 0.25) is 0 Å². The number of esters is 2. The van der Waals surface area contributed by atoms with E-state index in [0.29, 0.717) is 32.1 Å². The molecule has 0 radical (unpaired) electrons. The van der Waals surface area contributed by atoms with Gasteiger partial charge in [0.15, 0.2) is 12.3 Å². The number of rotatable bonds is 38. The van der Waals surface area contributed by atoms with Crippen molar-refractivity contribution in [3.8, 4) is 0 Å². The van der Waals surface area contributed by atoms with E-state index < -0.39 is 83.7 Å². The van der Waals surface area contributed by atoms with Gasteiger partial charge >= 0.3 is 33.3 Å². The van der Waals surface area contributed by atoms with Crippen molar-refractivity contribution in [1.82, 2.24) is 9.55 Å². The van der Waals surface area contributed by atoms with Crippen LogP contribution in [-0.2, 0) is 46.3 Å². The van der Waals surface area contributed by atoms with Crippen LogP contribution in [0, 0.1) is 5.92 Å². The Labute approximate surface area is 402 Å². The lowest BCUT2D eigenvalue weighted by Crippen LogP contribution is -2.36. The first-order chi connectivity index (χ1) is 32.5. The number of ether oxygens (including phenoxy) is 3. The first kappa shape index (κ1) is 60.8. The molecule has 7 N–H and O–H groups in total. The van der Waals surface area contributed by atoms with E-state index in [0.717, 1.165) is 68.0 Å². The number of nitrogens with zero attached hydrogens (tertiary/aromatic N) is 2. The number of nitrogens with two attached hydrogens (primary N) is 1. The van der Waals surface area contributed by atoms with Gasteiger partial charge in [0.1, 0.15) is 30.7 Å². The molecule has 388 valence electrons. The van der Waals surface area contributed by atoms with E-state index in [1.165, 1.54) is 38.2 Å². The zero-order chi connectivity index (χ0) is 50.2. The predicted octanol–water partition coefficient (Wildman–Crippen LogP) is 8.21. The number of allylic oxidation sites excluding steroid dienone is 7. The van der Waals surface area contributed by atoms with E-state index in [4.69, 9.17) is 29.0 Å². The smallest absolute Gasteiger partial charge is 0.462 e. The molecule has 0 bridgehead atoms. The zero-order valence-electron chi connectivity index (χ0n) is 40.2. The molecule has 9 atom stereocenters. The van der Waals surface area contributed by atoms with Crippen molar-refractivity contribution in [2.75, 3.05) is 25.6 Å². The van der Waals surface area contributed by atoms with E-state index in [9.17, 15) is 48.6 Å². The quantitative estimate of drug-likeness (QED) is 0.0157. The lowest BCUT2D eigenvalue weighted by Gasteiger charge is -2.21. The van der Waals surface area contributed by atoms with Crippen LogP contribution in [0.2, 0.25) is 0 Å². The number of aliphatic hydroxyl groups excluding tert-OH is 3. The molecule has 2 heterocycles. The molecule has 1 aromatic heterocycles. The molecular weight excluding hydrogens is 924 g/mol. The highest BCUT2D eigenvalue weighted by Gasteiger charge is 2.46. The summed E-state index contributed by atoms with van der Waals surface area (Å²) in [6.45, 7) is 4.16. The molecular formula is C47H79N3O16P2. The Kier molecular flexibility index (Phi) is 31.2. The van der Waals surface area contributed by atoms with Crippen molar-refractivity contribution in [1.29, 1.82) is 0 Å². The van der Waals surface area contributed by atoms with Crippen LogP contribution in [0.3, 0.4) is 0 Å². The number of anilines is 1. The van der Waals surface area contributed by atoms with E-state index in [-0.39, 0.29) is 24.8 Å². The van der Waals surface area contributed by atoms with Gasteiger partial charge in [0.25, 0.3) is 0 Å². The maximum atomic E-state index is 12.8. The number of carbonyl (C=O) groups excluding carboxylic acids is 2. The van der Waals surface area contributed by atoms with Crippen molar-refractivity contribution in [3.63, 3.8) is 0 Å². The third-order valence-electron chi connectivity index (χ3n) is 11.0. The maximum absolute atomic E-state index is 12.8. The van der Waals surface area contributed by atoms with Crippen molar-refractivity contribution >= 4 is 33.4 Å². The van der Waals surface area contributed by atoms with Gasteiger partial charge in [-0.25, -0.2) is 13.9 Å². The second-order valence-electron chi connectivity index (χ2n) is 17.0. The molecule has 0 aliphatic carbocycles. The van der Waals surface area contributed by atoms with Crippen molar-refractivity contribution in [2.24, 2.45) is 5.92 Å². The minimum atomic E-state index is -5.44. The van der Waals surface area contributed by atoms with Crippen LogP contribution in [0.4, 0.5) is 5.82 Å². The minimum absolute atomic E-state index is 0.0413. The normalized spacial score (nSPS) is 20.8. The SMILES string of the molecule is CCCC(O)C/C=C\C/C=C\C/C=C\C/C=C\CCCC(=O)O[C@H](COC(=O)CCCCCCCCCCC(C)CC)COP(=O)(O)OP(=O)(O)OC[C@H]1O[C@@H](n2ccc(N)nc2=O)[C@H](O)[C@@H]1O. The maximum Gasteiger partial charge on any atom is 0.481 e. The zero-order valence-corrected chi connectivity index (χ0v) is 42.0. The molecule has 4 unspecified atom stereocenters. The Balaban J connectivity index is 1.85. The van der Waals surface area contributed by atoms with Crippen molar-refractivity contribution < 1.29 is 71.4 Å². The molecule has 68 heavy (non-hydrogen) atoms. The molecule has 1 saturated heterocycles. The number of hydrogen-bond donors (Lipinski definition) is 6. The molecule has 0 spiro atoms. The summed E-state index contributed by atoms with van der Waals surface area (Å²) in [5, 5.41) is 30.6. The van der Waals surface area contributed by atoms with Crippen molar-refractivity contribution in [3.05, 3.63) is 71.4 Å². The summed E-state index contributed by atoms with van der Waals surface area (Å²) in [5.41, 5.74) is 4.57. The molecule has 19 nitrogen and oxygen atoms in total. The van der Waals surface area contributed by atoms with Crippen LogP contribution >= 0.6 is 15.6 Å². The Hall–Kier alpha value is -3.32. The van der Waals surface area contributed by atoms with Crippen LogP contribution in [0.15, 0.2) is 65.7 Å². The van der Waals surface area contributed by atoms with Crippen LogP contribution in [0.25, 0.3) is 0 Å². The standard InChI is InChI=1S/C47H79N3O16P2/c1-4-27-38(51)29-24-20-16-11-9-7-6-8-10-12-18-22-26-31-43(53)64-39(34-61-42(52)30-25-21-17-14-13-15-19-23-28-37(3)5-2)35-62-67(57,58)66-68(59,60)63-36-40-44(54)45(55)46(65-40)50-33-32-41(48)49-47(50)56/h6,8-9,11-12,18,20,24,32-33,37-40,44-46,51,54-55H,4-5,7,10,13-17,19,21-23,25-31,34-36H2,1-3H3,(H,57,58)(H,59,60)(H2,48,49,56)/b8-6-,11-9-,18-12-,24-20-/t37?,38?,39-,40-,44-,45-,46-/m1/s1. The van der Waals surface area contributed by atoms with E-state index in [2.05, 4.69) is 35.3 Å². The summed E-state index contributed by atoms with van der Waals surface area (Å²) >= 11 is 0. The topological polar surface area (TPSA) is 286 Å². The summed E-state index contributed by atoms with van der Waals surface area (Å²) in [4.78, 5) is 61.7. The first-order valence-corrected chi connectivity index (χ1v) is 27.1. The Bertz CT molecular complexity index is 1860.